The van der Waals surface area contributed by atoms with Gasteiger partial charge in [0, 0.05) is 17.4 Å². The molecule has 2 amide bonds. The van der Waals surface area contributed by atoms with Crippen LogP contribution in [0.1, 0.15) is 30.6 Å². The first-order valence-electron chi connectivity index (χ1n) is 8.69. The van der Waals surface area contributed by atoms with Crippen molar-refractivity contribution in [3.8, 4) is 0 Å². The number of carbonyl (C=O) groups excluding carboxylic acids is 2. The van der Waals surface area contributed by atoms with Crippen molar-refractivity contribution >= 4 is 22.9 Å². The fourth-order valence-corrected chi connectivity index (χ4v) is 3.46. The van der Waals surface area contributed by atoms with Crippen molar-refractivity contribution in [1.29, 1.82) is 0 Å². The molecule has 0 bridgehead atoms. The minimum atomic E-state index is -4.67. The molecule has 146 valence electrons. The smallest absolute Gasteiger partial charge is 0.414 e. The Kier molecular flexibility index (Phi) is 5.29. The van der Waals surface area contributed by atoms with Gasteiger partial charge in [-0.25, -0.2) is 4.79 Å². The molecule has 1 unspecified atom stereocenters. The van der Waals surface area contributed by atoms with Gasteiger partial charge in [0.15, 0.2) is 6.04 Å². The van der Waals surface area contributed by atoms with Gasteiger partial charge >= 0.3 is 18.2 Å². The second kappa shape index (κ2) is 7.50. The molecule has 0 saturated heterocycles. The number of aryl methyl sites for hydroxylation is 1. The van der Waals surface area contributed by atoms with Crippen molar-refractivity contribution in [3.05, 3.63) is 35.5 Å². The first kappa shape index (κ1) is 19.1. The van der Waals surface area contributed by atoms with Crippen LogP contribution in [-0.4, -0.2) is 47.8 Å². The third-order valence-corrected chi connectivity index (χ3v) is 4.52. The molecule has 1 aliphatic heterocycles. The number of benzene rings is 1. The molecule has 0 fully saturated rings. The maximum atomic E-state index is 13.9. The first-order valence-corrected chi connectivity index (χ1v) is 8.69. The van der Waals surface area contributed by atoms with Gasteiger partial charge in [-0.15, -0.1) is 0 Å². The van der Waals surface area contributed by atoms with Crippen molar-refractivity contribution < 1.29 is 27.5 Å². The van der Waals surface area contributed by atoms with Crippen molar-refractivity contribution in [3.63, 3.8) is 0 Å². The molecule has 0 spiro atoms. The maximum absolute atomic E-state index is 13.9. The number of hydrogen-bond donors (Lipinski definition) is 2. The Balaban J connectivity index is 1.94. The third-order valence-electron chi connectivity index (χ3n) is 4.52. The van der Waals surface area contributed by atoms with E-state index in [1.54, 1.807) is 31.2 Å². The van der Waals surface area contributed by atoms with E-state index in [0.717, 1.165) is 10.3 Å². The van der Waals surface area contributed by atoms with E-state index in [1.807, 2.05) is 0 Å². The molecule has 0 radical (unpaired) electrons. The van der Waals surface area contributed by atoms with E-state index in [-0.39, 0.29) is 18.8 Å². The zero-order valence-corrected chi connectivity index (χ0v) is 14.7. The van der Waals surface area contributed by atoms with E-state index >= 15 is 0 Å². The van der Waals surface area contributed by atoms with Crippen LogP contribution in [0.25, 0.3) is 10.9 Å². The Morgan fingerprint density at radius 2 is 2.07 bits per heavy atom. The molecule has 0 aliphatic carbocycles. The lowest BCUT2D eigenvalue weighted by Crippen LogP contribution is -2.48. The van der Waals surface area contributed by atoms with Gasteiger partial charge in [-0.1, -0.05) is 18.2 Å². The van der Waals surface area contributed by atoms with Crippen molar-refractivity contribution in [2.75, 3.05) is 19.7 Å². The third kappa shape index (κ3) is 3.86. The van der Waals surface area contributed by atoms with E-state index in [2.05, 4.69) is 10.3 Å². The van der Waals surface area contributed by atoms with Gasteiger partial charge in [-0.05, 0) is 31.4 Å². The Morgan fingerprint density at radius 1 is 1.33 bits per heavy atom. The van der Waals surface area contributed by atoms with Gasteiger partial charge in [0.1, 0.15) is 6.54 Å². The SMILES string of the molecule is CCOC(=O)CNC(=O)N1CCCc2c([nH]c3ccccc23)C1C(F)(F)F. The summed E-state index contributed by atoms with van der Waals surface area (Å²) in [6.07, 6.45) is -3.86. The van der Waals surface area contributed by atoms with Crippen molar-refractivity contribution in [1.82, 2.24) is 15.2 Å². The fourth-order valence-electron chi connectivity index (χ4n) is 3.46. The van der Waals surface area contributed by atoms with Crippen LogP contribution in [-0.2, 0) is 16.0 Å². The van der Waals surface area contributed by atoms with E-state index in [4.69, 9.17) is 4.74 Å². The molecule has 2 aromatic rings. The second-order valence-electron chi connectivity index (χ2n) is 6.27. The maximum Gasteiger partial charge on any atom is 0.414 e. The van der Waals surface area contributed by atoms with Crippen LogP contribution in [0.3, 0.4) is 0 Å². The van der Waals surface area contributed by atoms with Gasteiger partial charge in [-0.3, -0.25) is 4.79 Å². The molecule has 6 nitrogen and oxygen atoms in total. The monoisotopic (exact) mass is 383 g/mol. The highest BCUT2D eigenvalue weighted by Gasteiger charge is 2.49. The molecule has 1 atom stereocenters. The number of rotatable bonds is 3. The lowest BCUT2D eigenvalue weighted by molar-refractivity contribution is -0.179. The van der Waals surface area contributed by atoms with E-state index in [9.17, 15) is 22.8 Å². The largest absolute Gasteiger partial charge is 0.465 e. The normalized spacial score (nSPS) is 17.3. The molecule has 2 heterocycles. The first-order chi connectivity index (χ1) is 12.8. The van der Waals surface area contributed by atoms with Gasteiger partial charge in [-0.2, -0.15) is 13.2 Å². The number of para-hydroxylation sites is 1. The standard InChI is InChI=1S/C18H20F3N3O3/c1-2-27-14(25)10-22-17(26)24-9-5-7-12-11-6-3-4-8-13(11)23-15(12)16(24)18(19,20)21/h3-4,6,8,16,23H,2,5,7,9-10H2,1H3,(H,22,26). The minimum absolute atomic E-state index is 0.0208. The number of nitrogens with one attached hydrogen (secondary N) is 2. The summed E-state index contributed by atoms with van der Waals surface area (Å²) in [6, 6.07) is 3.94. The fraction of sp³-hybridized carbons (Fsp3) is 0.444. The number of ether oxygens (including phenoxy) is 1. The molecule has 9 heteroatoms. The van der Waals surface area contributed by atoms with Crippen LogP contribution in [0.15, 0.2) is 24.3 Å². The number of nitrogens with zero attached hydrogens (tertiary/aromatic N) is 1. The van der Waals surface area contributed by atoms with Crippen LogP contribution < -0.4 is 5.32 Å². The average molecular weight is 383 g/mol. The number of H-pyrrole nitrogens is 1. The molecule has 27 heavy (non-hydrogen) atoms. The number of amides is 2. The lowest BCUT2D eigenvalue weighted by atomic mass is 10.0. The van der Waals surface area contributed by atoms with Crippen LogP contribution in [0.4, 0.5) is 18.0 Å². The number of hydrogen-bond acceptors (Lipinski definition) is 3. The predicted molar refractivity (Wildman–Crippen MR) is 92.2 cm³/mol. The number of fused-ring (bicyclic) bond motifs is 3. The molecule has 1 aromatic heterocycles. The second-order valence-corrected chi connectivity index (χ2v) is 6.27. The summed E-state index contributed by atoms with van der Waals surface area (Å²) in [5, 5.41) is 2.96. The lowest BCUT2D eigenvalue weighted by Gasteiger charge is -2.31. The Morgan fingerprint density at radius 3 is 2.78 bits per heavy atom. The number of aromatic amines is 1. The van der Waals surface area contributed by atoms with Crippen LogP contribution >= 0.6 is 0 Å². The highest BCUT2D eigenvalue weighted by atomic mass is 19.4. The Labute approximate surface area is 153 Å². The number of esters is 1. The topological polar surface area (TPSA) is 74.4 Å². The number of halogens is 3. The summed E-state index contributed by atoms with van der Waals surface area (Å²) < 4.78 is 46.5. The molecular formula is C18H20F3N3O3. The number of alkyl halides is 3. The van der Waals surface area contributed by atoms with Crippen molar-refractivity contribution in [2.24, 2.45) is 0 Å². The molecular weight excluding hydrogens is 363 g/mol. The molecule has 1 aliphatic rings. The summed E-state index contributed by atoms with van der Waals surface area (Å²) in [5.74, 6) is -0.699. The summed E-state index contributed by atoms with van der Waals surface area (Å²) in [5.41, 5.74) is 1.16. The highest BCUT2D eigenvalue weighted by Crippen LogP contribution is 2.42. The number of urea groups is 1. The van der Waals surface area contributed by atoms with Crippen molar-refractivity contribution in [2.45, 2.75) is 32.0 Å². The van der Waals surface area contributed by atoms with Gasteiger partial charge < -0.3 is 19.9 Å². The molecule has 2 N–H and O–H groups in total. The minimum Gasteiger partial charge on any atom is -0.465 e. The number of aromatic nitrogens is 1. The van der Waals surface area contributed by atoms with Crippen LogP contribution in [0.5, 0.6) is 0 Å². The number of carbonyl (C=O) groups is 2. The Hall–Kier alpha value is -2.71. The zero-order chi connectivity index (χ0) is 19.6. The Bertz CT molecular complexity index is 847. The quantitative estimate of drug-likeness (QED) is 0.799. The molecule has 0 saturated carbocycles. The average Bonchev–Trinajstić information content (AvgIpc) is 2.84. The molecule has 3 rings (SSSR count). The van der Waals surface area contributed by atoms with Gasteiger partial charge in [0.05, 0.1) is 12.3 Å². The summed E-state index contributed by atoms with van der Waals surface area (Å²) >= 11 is 0. The van der Waals surface area contributed by atoms with Crippen LogP contribution in [0.2, 0.25) is 0 Å². The van der Waals surface area contributed by atoms with E-state index in [1.165, 1.54) is 0 Å². The molecule has 1 aromatic carbocycles. The summed E-state index contributed by atoms with van der Waals surface area (Å²) in [6.45, 7) is 1.18. The van der Waals surface area contributed by atoms with E-state index in [0.29, 0.717) is 23.9 Å². The van der Waals surface area contributed by atoms with Gasteiger partial charge in [0.25, 0.3) is 0 Å². The zero-order valence-electron chi connectivity index (χ0n) is 14.7. The summed E-state index contributed by atoms with van der Waals surface area (Å²) in [7, 11) is 0. The summed E-state index contributed by atoms with van der Waals surface area (Å²) in [4.78, 5) is 27.4. The van der Waals surface area contributed by atoms with Gasteiger partial charge in [0.2, 0.25) is 0 Å². The highest BCUT2D eigenvalue weighted by molar-refractivity contribution is 5.86. The van der Waals surface area contributed by atoms with Crippen LogP contribution in [0, 0.1) is 0 Å². The van der Waals surface area contributed by atoms with E-state index < -0.39 is 30.8 Å². The predicted octanol–water partition coefficient (Wildman–Crippen LogP) is 3.29.